The Hall–Kier alpha value is -0.710. The second-order valence-electron chi connectivity index (χ2n) is 3.86. The van der Waals surface area contributed by atoms with Gasteiger partial charge in [0.15, 0.2) is 0 Å². The van der Waals surface area contributed by atoms with Gasteiger partial charge >= 0.3 is 0 Å². The number of halogens is 2. The number of aromatic amines is 1. The summed E-state index contributed by atoms with van der Waals surface area (Å²) >= 11 is 3.35. The molecule has 2 N–H and O–H groups in total. The quantitative estimate of drug-likeness (QED) is 0.895. The van der Waals surface area contributed by atoms with E-state index in [0.29, 0.717) is 5.75 Å². The fourth-order valence-electron chi connectivity index (χ4n) is 1.71. The maximum Gasteiger partial charge on any atom is 0.135 e. The number of aromatic hydroxyl groups is 1. The zero-order valence-electron chi connectivity index (χ0n) is 9.12. The van der Waals surface area contributed by atoms with Crippen LogP contribution in [0.1, 0.15) is 5.56 Å². The smallest absolute Gasteiger partial charge is 0.135 e. The highest BCUT2D eigenvalue weighted by atomic mass is 79.9. The summed E-state index contributed by atoms with van der Waals surface area (Å²) in [6.45, 7) is 0.722. The average molecular weight is 306 g/mol. The molecule has 0 saturated heterocycles. The molecule has 0 unspecified atom stereocenters. The molecule has 0 fully saturated rings. The van der Waals surface area contributed by atoms with Gasteiger partial charge in [-0.05, 0) is 42.2 Å². The van der Waals surface area contributed by atoms with Crippen molar-refractivity contribution in [2.24, 2.45) is 0 Å². The number of aromatic nitrogens is 1. The lowest BCUT2D eigenvalue weighted by atomic mass is 10.1. The van der Waals surface area contributed by atoms with E-state index < -0.39 is 0 Å². The predicted octanol–water partition coefficient (Wildman–Crippen LogP) is 3.12. The number of nitrogens with zero attached hydrogens (tertiary/aromatic N) is 1. The van der Waals surface area contributed by atoms with E-state index in [-0.39, 0.29) is 12.4 Å². The molecule has 2 rings (SSSR count). The first-order chi connectivity index (χ1) is 7.09. The van der Waals surface area contributed by atoms with Gasteiger partial charge in [0.25, 0.3) is 0 Å². The number of hydrogen-bond donors (Lipinski definition) is 2. The van der Waals surface area contributed by atoms with Crippen molar-refractivity contribution in [3.63, 3.8) is 0 Å². The monoisotopic (exact) mass is 304 g/mol. The van der Waals surface area contributed by atoms with E-state index in [4.69, 9.17) is 0 Å². The van der Waals surface area contributed by atoms with E-state index in [0.717, 1.165) is 27.5 Å². The lowest BCUT2D eigenvalue weighted by Crippen LogP contribution is -2.11. The van der Waals surface area contributed by atoms with Crippen molar-refractivity contribution in [1.82, 2.24) is 9.88 Å². The second kappa shape index (κ2) is 5.08. The Morgan fingerprint density at radius 1 is 1.44 bits per heavy atom. The summed E-state index contributed by atoms with van der Waals surface area (Å²) in [5.74, 6) is 0.329. The normalized spacial score (nSPS) is 10.8. The number of hydrogen-bond acceptors (Lipinski definition) is 2. The fraction of sp³-hybridized carbons (Fsp3) is 0.273. The van der Waals surface area contributed by atoms with Crippen molar-refractivity contribution >= 4 is 39.2 Å². The largest absolute Gasteiger partial charge is 0.506 e. The second-order valence-corrected chi connectivity index (χ2v) is 4.72. The molecule has 16 heavy (non-hydrogen) atoms. The topological polar surface area (TPSA) is 39.3 Å². The predicted molar refractivity (Wildman–Crippen MR) is 72.3 cm³/mol. The van der Waals surface area contributed by atoms with Gasteiger partial charge in [0.1, 0.15) is 5.75 Å². The van der Waals surface area contributed by atoms with Crippen molar-refractivity contribution in [1.29, 1.82) is 0 Å². The number of nitrogens with one attached hydrogen (secondary N) is 1. The minimum atomic E-state index is 0. The van der Waals surface area contributed by atoms with Gasteiger partial charge < -0.3 is 15.0 Å². The Kier molecular flexibility index (Phi) is 4.24. The number of fused-ring (bicyclic) bond motifs is 1. The zero-order chi connectivity index (χ0) is 11.0. The summed E-state index contributed by atoms with van der Waals surface area (Å²) in [6, 6.07) is 3.88. The molecule has 88 valence electrons. The molecular formula is C11H14BrClN2O. The number of phenolic OH excluding ortho intramolecular Hbond substituents is 1. The molecule has 0 radical (unpaired) electrons. The van der Waals surface area contributed by atoms with Gasteiger partial charge in [0.05, 0.1) is 4.47 Å². The maximum absolute atomic E-state index is 9.98. The SMILES string of the molecule is CN(C)Cc1c(O)c(Br)cc2[nH]ccc12.Cl. The Balaban J connectivity index is 0.00000128. The Morgan fingerprint density at radius 2 is 2.12 bits per heavy atom. The molecule has 0 aliphatic carbocycles. The van der Waals surface area contributed by atoms with Crippen LogP contribution in [0.2, 0.25) is 0 Å². The van der Waals surface area contributed by atoms with Crippen LogP contribution in [0, 0.1) is 0 Å². The van der Waals surface area contributed by atoms with Crippen molar-refractivity contribution in [2.75, 3.05) is 14.1 Å². The summed E-state index contributed by atoms with van der Waals surface area (Å²) in [4.78, 5) is 5.18. The van der Waals surface area contributed by atoms with Crippen LogP contribution in [0.4, 0.5) is 0 Å². The number of rotatable bonds is 2. The van der Waals surface area contributed by atoms with Crippen molar-refractivity contribution in [3.8, 4) is 5.75 Å². The molecule has 0 aliphatic heterocycles. The first-order valence-corrected chi connectivity index (χ1v) is 5.51. The van der Waals surface area contributed by atoms with Crippen molar-refractivity contribution in [3.05, 3.63) is 28.4 Å². The Morgan fingerprint density at radius 3 is 2.75 bits per heavy atom. The summed E-state index contributed by atoms with van der Waals surface area (Å²) in [6.07, 6.45) is 1.88. The third-order valence-corrected chi connectivity index (χ3v) is 2.97. The van der Waals surface area contributed by atoms with Gasteiger partial charge in [0, 0.05) is 29.2 Å². The number of phenols is 1. The Bertz CT molecular complexity index is 496. The summed E-state index contributed by atoms with van der Waals surface area (Å²) in [5.41, 5.74) is 1.99. The maximum atomic E-state index is 9.98. The Labute approximate surface area is 109 Å². The van der Waals surface area contributed by atoms with Crippen LogP contribution >= 0.6 is 28.3 Å². The van der Waals surface area contributed by atoms with Gasteiger partial charge in [-0.1, -0.05) is 0 Å². The third kappa shape index (κ3) is 2.34. The first-order valence-electron chi connectivity index (χ1n) is 4.71. The van der Waals surface area contributed by atoms with Crippen LogP contribution in [-0.4, -0.2) is 29.1 Å². The van der Waals surface area contributed by atoms with E-state index >= 15 is 0 Å². The van der Waals surface area contributed by atoms with Gasteiger partial charge in [-0.15, -0.1) is 12.4 Å². The third-order valence-electron chi connectivity index (χ3n) is 2.36. The van der Waals surface area contributed by atoms with E-state index in [9.17, 15) is 5.11 Å². The minimum Gasteiger partial charge on any atom is -0.506 e. The van der Waals surface area contributed by atoms with Gasteiger partial charge in [0.2, 0.25) is 0 Å². The highest BCUT2D eigenvalue weighted by molar-refractivity contribution is 9.10. The molecule has 1 aromatic heterocycles. The summed E-state index contributed by atoms with van der Waals surface area (Å²) < 4.78 is 0.731. The van der Waals surface area contributed by atoms with Crippen LogP contribution in [0.3, 0.4) is 0 Å². The van der Waals surface area contributed by atoms with E-state index in [1.807, 2.05) is 37.3 Å². The van der Waals surface area contributed by atoms with Crippen LogP contribution < -0.4 is 0 Å². The molecule has 0 aliphatic rings. The molecule has 0 bridgehead atoms. The molecule has 0 spiro atoms. The van der Waals surface area contributed by atoms with Crippen molar-refractivity contribution < 1.29 is 5.11 Å². The fourth-order valence-corrected chi connectivity index (χ4v) is 2.18. The molecule has 3 nitrogen and oxygen atoms in total. The van der Waals surface area contributed by atoms with Gasteiger partial charge in [-0.3, -0.25) is 0 Å². The molecule has 2 aromatic rings. The number of H-pyrrole nitrogens is 1. The van der Waals surface area contributed by atoms with E-state index in [1.54, 1.807) is 0 Å². The van der Waals surface area contributed by atoms with Crippen LogP contribution in [0.25, 0.3) is 10.9 Å². The van der Waals surface area contributed by atoms with Gasteiger partial charge in [-0.2, -0.15) is 0 Å². The molecule has 0 amide bonds. The highest BCUT2D eigenvalue weighted by Crippen LogP contribution is 2.34. The zero-order valence-corrected chi connectivity index (χ0v) is 11.5. The first kappa shape index (κ1) is 13.4. The molecule has 1 aromatic carbocycles. The summed E-state index contributed by atoms with van der Waals surface area (Å²) in [5, 5.41) is 11.0. The molecule has 0 saturated carbocycles. The molecule has 5 heteroatoms. The number of benzene rings is 1. The molecule has 1 heterocycles. The molecular weight excluding hydrogens is 291 g/mol. The van der Waals surface area contributed by atoms with Crippen molar-refractivity contribution in [2.45, 2.75) is 6.54 Å². The van der Waals surface area contributed by atoms with E-state index in [2.05, 4.69) is 20.9 Å². The standard InChI is InChI=1S/C11H13BrN2O.ClH/c1-14(2)6-8-7-3-4-13-10(7)5-9(12)11(8)15;/h3-5,13,15H,6H2,1-2H3;1H. The van der Waals surface area contributed by atoms with Crippen LogP contribution in [0.5, 0.6) is 5.75 Å². The minimum absolute atomic E-state index is 0. The average Bonchev–Trinajstić information content (AvgIpc) is 2.59. The summed E-state index contributed by atoms with van der Waals surface area (Å²) in [7, 11) is 3.97. The van der Waals surface area contributed by atoms with E-state index in [1.165, 1.54) is 0 Å². The van der Waals surface area contributed by atoms with Crippen LogP contribution in [0.15, 0.2) is 22.8 Å². The lowest BCUT2D eigenvalue weighted by Gasteiger charge is -2.13. The van der Waals surface area contributed by atoms with Gasteiger partial charge in [-0.25, -0.2) is 0 Å². The highest BCUT2D eigenvalue weighted by Gasteiger charge is 2.12. The van der Waals surface area contributed by atoms with Crippen LogP contribution in [-0.2, 0) is 6.54 Å². The molecule has 0 atom stereocenters. The lowest BCUT2D eigenvalue weighted by molar-refractivity contribution is 0.387.